The highest BCUT2D eigenvalue weighted by Crippen LogP contribution is 2.03. The number of benzene rings is 1. The number of esters is 1. The molecule has 96 valence electrons. The number of ether oxygens (including phenoxy) is 1. The third-order valence-corrected chi connectivity index (χ3v) is 2.13. The third-order valence-electron chi connectivity index (χ3n) is 2.13. The zero-order chi connectivity index (χ0) is 13.5. The fourth-order valence-electron chi connectivity index (χ4n) is 1.13. The normalized spacial score (nSPS) is 11.2. The number of nitrogens with one attached hydrogen (secondary N) is 2. The summed E-state index contributed by atoms with van der Waals surface area (Å²) in [4.78, 5) is 33.9. The number of urea groups is 1. The molecule has 2 N–H and O–H groups in total. The zero-order valence-electron chi connectivity index (χ0n) is 10.1. The SMILES string of the molecule is CNC(=O)NC(=O)[C@H](C)OC(=O)c1ccccc1. The fraction of sp³-hybridized carbons (Fsp3) is 0.250. The molecule has 0 aliphatic rings. The van der Waals surface area contributed by atoms with Gasteiger partial charge < -0.3 is 10.1 Å². The molecule has 0 bridgehead atoms. The fourth-order valence-corrected chi connectivity index (χ4v) is 1.13. The van der Waals surface area contributed by atoms with Crippen LogP contribution in [-0.4, -0.2) is 31.1 Å². The lowest BCUT2D eigenvalue weighted by Gasteiger charge is -2.12. The minimum absolute atomic E-state index is 0.345. The first kappa shape index (κ1) is 13.7. The van der Waals surface area contributed by atoms with Gasteiger partial charge in [0.25, 0.3) is 5.91 Å². The predicted molar refractivity (Wildman–Crippen MR) is 63.9 cm³/mol. The van der Waals surface area contributed by atoms with E-state index in [0.29, 0.717) is 5.56 Å². The smallest absolute Gasteiger partial charge is 0.338 e. The molecule has 3 amide bonds. The van der Waals surface area contributed by atoms with Crippen LogP contribution in [0.1, 0.15) is 17.3 Å². The molecule has 0 aliphatic carbocycles. The van der Waals surface area contributed by atoms with Gasteiger partial charge in [-0.1, -0.05) is 18.2 Å². The van der Waals surface area contributed by atoms with Crippen LogP contribution in [0.25, 0.3) is 0 Å². The molecular weight excluding hydrogens is 236 g/mol. The summed E-state index contributed by atoms with van der Waals surface area (Å²) in [5.41, 5.74) is 0.345. The van der Waals surface area contributed by atoms with Crippen molar-refractivity contribution in [3.63, 3.8) is 0 Å². The van der Waals surface area contributed by atoms with E-state index in [-0.39, 0.29) is 0 Å². The Labute approximate surface area is 104 Å². The lowest BCUT2D eigenvalue weighted by Crippen LogP contribution is -2.43. The Morgan fingerprint density at radius 1 is 1.17 bits per heavy atom. The molecule has 1 atom stereocenters. The van der Waals surface area contributed by atoms with Crippen molar-refractivity contribution in [1.29, 1.82) is 0 Å². The first-order valence-electron chi connectivity index (χ1n) is 5.33. The molecule has 0 aromatic heterocycles. The molecule has 0 radical (unpaired) electrons. The van der Waals surface area contributed by atoms with Gasteiger partial charge in [-0.15, -0.1) is 0 Å². The van der Waals surface area contributed by atoms with Gasteiger partial charge in [0.1, 0.15) is 0 Å². The molecule has 0 fully saturated rings. The van der Waals surface area contributed by atoms with Gasteiger partial charge in [0, 0.05) is 7.05 Å². The van der Waals surface area contributed by atoms with Crippen LogP contribution in [0.5, 0.6) is 0 Å². The van der Waals surface area contributed by atoms with Crippen LogP contribution in [0.4, 0.5) is 4.79 Å². The summed E-state index contributed by atoms with van der Waals surface area (Å²) >= 11 is 0. The largest absolute Gasteiger partial charge is 0.449 e. The third kappa shape index (κ3) is 3.89. The molecule has 1 rings (SSSR count). The van der Waals surface area contributed by atoms with E-state index < -0.39 is 24.0 Å². The van der Waals surface area contributed by atoms with Crippen molar-refractivity contribution in [1.82, 2.24) is 10.6 Å². The Kier molecular flexibility index (Phi) is 4.86. The first-order chi connectivity index (χ1) is 8.54. The minimum Gasteiger partial charge on any atom is -0.449 e. The van der Waals surface area contributed by atoms with E-state index in [2.05, 4.69) is 5.32 Å². The maximum absolute atomic E-state index is 11.6. The lowest BCUT2D eigenvalue weighted by molar-refractivity contribution is -0.127. The second-order valence-corrected chi connectivity index (χ2v) is 3.48. The van der Waals surface area contributed by atoms with Crippen LogP contribution in [0, 0.1) is 0 Å². The lowest BCUT2D eigenvalue weighted by atomic mass is 10.2. The summed E-state index contributed by atoms with van der Waals surface area (Å²) in [5, 5.41) is 4.24. The van der Waals surface area contributed by atoms with Gasteiger partial charge in [0.15, 0.2) is 6.10 Å². The molecule has 0 saturated heterocycles. The topological polar surface area (TPSA) is 84.5 Å². The van der Waals surface area contributed by atoms with E-state index in [9.17, 15) is 14.4 Å². The highest BCUT2D eigenvalue weighted by molar-refractivity contribution is 5.98. The number of hydrogen-bond donors (Lipinski definition) is 2. The van der Waals surface area contributed by atoms with Gasteiger partial charge in [0.05, 0.1) is 5.56 Å². The van der Waals surface area contributed by atoms with Crippen LogP contribution in [0.15, 0.2) is 30.3 Å². The van der Waals surface area contributed by atoms with E-state index in [0.717, 1.165) is 0 Å². The number of amides is 3. The summed E-state index contributed by atoms with van der Waals surface area (Å²) in [6.45, 7) is 1.39. The second-order valence-electron chi connectivity index (χ2n) is 3.48. The summed E-state index contributed by atoms with van der Waals surface area (Å²) in [6, 6.07) is 7.63. The van der Waals surface area contributed by atoms with Crippen molar-refractivity contribution in [3.05, 3.63) is 35.9 Å². The zero-order valence-corrected chi connectivity index (χ0v) is 10.1. The average Bonchev–Trinajstić information content (AvgIpc) is 2.39. The van der Waals surface area contributed by atoms with Gasteiger partial charge in [-0.25, -0.2) is 9.59 Å². The van der Waals surface area contributed by atoms with E-state index >= 15 is 0 Å². The standard InChI is InChI=1S/C12H14N2O4/c1-8(10(15)14-12(17)13-2)18-11(16)9-6-4-3-5-7-9/h3-8H,1-2H3,(H2,13,14,15,17)/t8-/m0/s1. The molecular formula is C12H14N2O4. The molecule has 18 heavy (non-hydrogen) atoms. The summed E-state index contributed by atoms with van der Waals surface area (Å²) in [5.74, 6) is -1.30. The van der Waals surface area contributed by atoms with Crippen LogP contribution in [-0.2, 0) is 9.53 Å². The van der Waals surface area contributed by atoms with Crippen LogP contribution in [0.2, 0.25) is 0 Å². The van der Waals surface area contributed by atoms with Crippen molar-refractivity contribution in [2.75, 3.05) is 7.05 Å². The molecule has 6 heteroatoms. The Morgan fingerprint density at radius 2 is 1.78 bits per heavy atom. The quantitative estimate of drug-likeness (QED) is 0.773. The maximum Gasteiger partial charge on any atom is 0.338 e. The molecule has 6 nitrogen and oxygen atoms in total. The highest BCUT2D eigenvalue weighted by atomic mass is 16.5. The van der Waals surface area contributed by atoms with Gasteiger partial charge in [0.2, 0.25) is 0 Å². The number of carbonyl (C=O) groups is 3. The molecule has 0 spiro atoms. The Balaban J connectivity index is 2.55. The van der Waals surface area contributed by atoms with Gasteiger partial charge in [-0.05, 0) is 19.1 Å². The summed E-state index contributed by atoms with van der Waals surface area (Å²) < 4.78 is 4.91. The van der Waals surface area contributed by atoms with Crippen molar-refractivity contribution < 1.29 is 19.1 Å². The molecule has 0 saturated carbocycles. The predicted octanol–water partition coefficient (Wildman–Crippen LogP) is 0.687. The number of hydrogen-bond acceptors (Lipinski definition) is 4. The second kappa shape index (κ2) is 6.39. The van der Waals surface area contributed by atoms with Crippen molar-refractivity contribution in [2.24, 2.45) is 0 Å². The number of carbonyl (C=O) groups excluding carboxylic acids is 3. The summed E-state index contributed by atoms with van der Waals surface area (Å²) in [6.07, 6.45) is -1.05. The van der Waals surface area contributed by atoms with Crippen molar-refractivity contribution in [2.45, 2.75) is 13.0 Å². The molecule has 1 aromatic rings. The van der Waals surface area contributed by atoms with Crippen molar-refractivity contribution >= 4 is 17.9 Å². The van der Waals surface area contributed by atoms with Crippen LogP contribution in [0.3, 0.4) is 0 Å². The summed E-state index contributed by atoms with van der Waals surface area (Å²) in [7, 11) is 1.38. The highest BCUT2D eigenvalue weighted by Gasteiger charge is 2.20. The van der Waals surface area contributed by atoms with E-state index in [1.165, 1.54) is 14.0 Å². The molecule has 0 unspecified atom stereocenters. The number of rotatable bonds is 3. The van der Waals surface area contributed by atoms with Crippen LogP contribution < -0.4 is 10.6 Å². The first-order valence-corrected chi connectivity index (χ1v) is 5.33. The van der Waals surface area contributed by atoms with Gasteiger partial charge >= 0.3 is 12.0 Å². The van der Waals surface area contributed by atoms with Crippen molar-refractivity contribution in [3.8, 4) is 0 Å². The van der Waals surface area contributed by atoms with Gasteiger partial charge in [-0.2, -0.15) is 0 Å². The number of imide groups is 1. The van der Waals surface area contributed by atoms with E-state index in [4.69, 9.17) is 4.74 Å². The van der Waals surface area contributed by atoms with E-state index in [1.54, 1.807) is 30.3 Å². The monoisotopic (exact) mass is 250 g/mol. The molecule has 0 heterocycles. The molecule has 0 aliphatic heterocycles. The Bertz CT molecular complexity index is 445. The molecule has 1 aromatic carbocycles. The van der Waals surface area contributed by atoms with Gasteiger partial charge in [-0.3, -0.25) is 10.1 Å². The Morgan fingerprint density at radius 3 is 2.33 bits per heavy atom. The van der Waals surface area contributed by atoms with E-state index in [1.807, 2.05) is 5.32 Å². The maximum atomic E-state index is 11.6. The Hall–Kier alpha value is -2.37. The minimum atomic E-state index is -1.05. The average molecular weight is 250 g/mol. The van der Waals surface area contributed by atoms with Crippen LogP contribution >= 0.6 is 0 Å².